The van der Waals surface area contributed by atoms with Crippen molar-refractivity contribution in [1.29, 1.82) is 0 Å². The van der Waals surface area contributed by atoms with E-state index in [1.807, 2.05) is 39.0 Å². The van der Waals surface area contributed by atoms with Gasteiger partial charge in [-0.15, -0.1) is 40.5 Å². The molecule has 2 aromatic heterocycles. The molecular weight excluding hydrogens is 916 g/mol. The van der Waals surface area contributed by atoms with Crippen LogP contribution in [0.4, 0.5) is 13.2 Å². The van der Waals surface area contributed by atoms with Crippen molar-refractivity contribution in [3.8, 4) is 21.7 Å². The third kappa shape index (κ3) is 10.7. The molecule has 3 aromatic carbocycles. The smallest absolute Gasteiger partial charge is 0.418 e. The molecule has 57 heavy (non-hydrogen) atoms. The zero-order valence-electron chi connectivity index (χ0n) is 36.3. The van der Waals surface area contributed by atoms with Gasteiger partial charge in [-0.3, -0.25) is 9.78 Å². The number of aliphatic hydroxyl groups excluding tert-OH is 1. The first kappa shape index (κ1) is 48.1. The Labute approximate surface area is 357 Å². The first-order chi connectivity index (χ1) is 25.9. The van der Waals surface area contributed by atoms with Crippen molar-refractivity contribution >= 4 is 38.0 Å². The Hall–Kier alpha value is -3.32. The number of fused-ring (bicyclic) bond motifs is 2. The summed E-state index contributed by atoms with van der Waals surface area (Å²) in [5, 5.41) is 12.5. The van der Waals surface area contributed by atoms with Gasteiger partial charge < -0.3 is 5.11 Å². The van der Waals surface area contributed by atoms with Crippen molar-refractivity contribution in [3.63, 3.8) is 0 Å². The minimum absolute atomic E-state index is 0. The number of hydrogen-bond acceptors (Lipinski definition) is 4. The molecule has 0 amide bonds. The maximum atomic E-state index is 14.2. The molecule has 0 aliphatic carbocycles. The molecule has 0 saturated heterocycles. The van der Waals surface area contributed by atoms with Crippen LogP contribution in [0.1, 0.15) is 110 Å². The zero-order valence-corrected chi connectivity index (χ0v) is 39.6. The third-order valence-electron chi connectivity index (χ3n) is 10.8. The molecule has 3 nitrogen and oxygen atoms in total. The Bertz CT molecular complexity index is 2200. The molecule has 0 saturated carbocycles. The molecule has 0 bridgehead atoms. The molecule has 0 aliphatic rings. The van der Waals surface area contributed by atoms with Gasteiger partial charge in [-0.05, 0) is 79.0 Å². The summed E-state index contributed by atoms with van der Waals surface area (Å²) in [5.41, 5.74) is 6.41. The van der Waals surface area contributed by atoms with Crippen molar-refractivity contribution in [1.82, 2.24) is 4.98 Å². The Kier molecular flexibility index (Phi) is 15.8. The summed E-state index contributed by atoms with van der Waals surface area (Å²) in [6.07, 6.45) is -2.03. The molecule has 2 heterocycles. The second-order valence-corrected chi connectivity index (χ2v) is 19.0. The molecule has 0 spiro atoms. The number of thiophene rings is 1. The number of pyridine rings is 1. The molecular formula is C49H61F3IrNO2S-. The number of ketones is 1. The van der Waals surface area contributed by atoms with Crippen LogP contribution in [0, 0.1) is 69.3 Å². The Balaban J connectivity index is 0.000000372. The number of rotatable bonds is 9. The minimum atomic E-state index is -4.51. The van der Waals surface area contributed by atoms with Gasteiger partial charge in [-0.25, -0.2) is 0 Å². The van der Waals surface area contributed by atoms with Crippen LogP contribution in [0.3, 0.4) is 0 Å². The summed E-state index contributed by atoms with van der Waals surface area (Å²) >= 11 is 1.40. The fourth-order valence-electron chi connectivity index (χ4n) is 8.64. The maximum absolute atomic E-state index is 14.2. The van der Waals surface area contributed by atoms with E-state index in [-0.39, 0.29) is 54.3 Å². The fraction of sp³-hybridized carbons (Fsp3) is 0.469. The molecule has 0 aliphatic heterocycles. The number of hydrogen-bond donors (Lipinski definition) is 1. The van der Waals surface area contributed by atoms with Crippen LogP contribution in [0.5, 0.6) is 0 Å². The first-order valence-electron chi connectivity index (χ1n) is 19.8. The van der Waals surface area contributed by atoms with E-state index in [1.54, 1.807) is 6.92 Å². The van der Waals surface area contributed by atoms with Crippen LogP contribution >= 0.6 is 11.3 Å². The van der Waals surface area contributed by atoms with E-state index in [4.69, 9.17) is 0 Å². The van der Waals surface area contributed by atoms with E-state index in [2.05, 4.69) is 111 Å². The number of nitrogens with zero attached hydrogens (tertiary/aromatic N) is 1. The van der Waals surface area contributed by atoms with E-state index in [0.29, 0.717) is 45.2 Å². The van der Waals surface area contributed by atoms with Crippen molar-refractivity contribution in [2.24, 2.45) is 35.5 Å². The number of aryl methyl sites for hydroxylation is 4. The average Bonchev–Trinajstić information content (AvgIpc) is 3.38. The van der Waals surface area contributed by atoms with Crippen LogP contribution in [-0.2, 0) is 36.5 Å². The van der Waals surface area contributed by atoms with Gasteiger partial charge in [0.15, 0.2) is 5.78 Å². The predicted octanol–water partition coefficient (Wildman–Crippen LogP) is 15.0. The van der Waals surface area contributed by atoms with E-state index in [0.717, 1.165) is 49.7 Å². The van der Waals surface area contributed by atoms with Crippen LogP contribution in [0.2, 0.25) is 0 Å². The van der Waals surface area contributed by atoms with Gasteiger partial charge in [0.25, 0.3) is 0 Å². The Morgan fingerprint density at radius 3 is 1.82 bits per heavy atom. The maximum Gasteiger partial charge on any atom is 0.418 e. The predicted molar refractivity (Wildman–Crippen MR) is 232 cm³/mol. The van der Waals surface area contributed by atoms with Gasteiger partial charge >= 0.3 is 6.18 Å². The largest absolute Gasteiger partial charge is 0.512 e. The number of aliphatic hydroxyl groups is 1. The summed E-state index contributed by atoms with van der Waals surface area (Å²) in [6, 6.07) is 17.7. The number of alkyl halides is 3. The van der Waals surface area contributed by atoms with Gasteiger partial charge in [0, 0.05) is 64.9 Å². The number of benzene rings is 3. The number of carbonyl (C=O) groups excluding carboxylic acids is 1. The second-order valence-electron chi connectivity index (χ2n) is 17.9. The van der Waals surface area contributed by atoms with Gasteiger partial charge in [0.05, 0.1) is 11.3 Å². The minimum Gasteiger partial charge on any atom is -0.512 e. The molecule has 0 atom stereocenters. The monoisotopic (exact) mass is 977 g/mol. The van der Waals surface area contributed by atoms with Crippen LogP contribution in [-0.4, -0.2) is 15.9 Å². The molecule has 311 valence electrons. The summed E-state index contributed by atoms with van der Waals surface area (Å²) in [6.45, 7) is 30.9. The summed E-state index contributed by atoms with van der Waals surface area (Å²) in [5.74, 6) is 1.63. The number of carbonyl (C=O) groups is 1. The number of halogens is 3. The summed E-state index contributed by atoms with van der Waals surface area (Å²) < 4.78 is 43.3. The molecule has 5 rings (SSSR count). The van der Waals surface area contributed by atoms with Crippen molar-refractivity contribution in [2.45, 2.75) is 115 Å². The third-order valence-corrected chi connectivity index (χ3v) is 12.2. The average molecular weight is 977 g/mol. The molecule has 8 heteroatoms. The molecule has 1 radical (unpaired) electrons. The van der Waals surface area contributed by atoms with Gasteiger partial charge in [-0.1, -0.05) is 123 Å². The zero-order chi connectivity index (χ0) is 42.2. The topological polar surface area (TPSA) is 50.2 Å². The number of aromatic nitrogens is 1. The molecule has 1 N–H and O–H groups in total. The van der Waals surface area contributed by atoms with Crippen molar-refractivity contribution < 1.29 is 43.2 Å². The van der Waals surface area contributed by atoms with Crippen molar-refractivity contribution in [2.75, 3.05) is 0 Å². The Morgan fingerprint density at radius 1 is 0.807 bits per heavy atom. The van der Waals surface area contributed by atoms with E-state index >= 15 is 0 Å². The first-order valence-corrected chi connectivity index (χ1v) is 20.7. The second kappa shape index (κ2) is 18.7. The summed E-state index contributed by atoms with van der Waals surface area (Å²) in [7, 11) is 0. The molecule has 0 fully saturated rings. The van der Waals surface area contributed by atoms with E-state index in [9.17, 15) is 23.1 Å². The fourth-order valence-corrected chi connectivity index (χ4v) is 10.1. The molecule has 5 aromatic rings. The quantitative estimate of drug-likeness (QED) is 0.0910. The van der Waals surface area contributed by atoms with Gasteiger partial charge in [0.1, 0.15) is 0 Å². The van der Waals surface area contributed by atoms with Crippen LogP contribution in [0.25, 0.3) is 42.6 Å². The number of allylic oxidation sites excluding steroid dienone is 2. The van der Waals surface area contributed by atoms with Gasteiger partial charge in [0.2, 0.25) is 0 Å². The summed E-state index contributed by atoms with van der Waals surface area (Å²) in [4.78, 5) is 17.7. The van der Waals surface area contributed by atoms with E-state index in [1.165, 1.54) is 17.4 Å². The van der Waals surface area contributed by atoms with Crippen molar-refractivity contribution in [3.05, 3.63) is 99.9 Å². The standard InChI is InChI=1S/C32H29F3NS.C17H32O2.Ir/c1-17-12-18(2)26(19(3)13-17)29-20(4)27-25(32(33,34)35)16-36-28(30(27)37-29)22-14-21-10-8-9-11-23(21)24(15-22)31(5,6)7;1-10(2)16(11(3)4)14(18)9-15(19)17(12(5)6)13(7)8;/h8-13,15-16H,1-7H3;9-13,16-18H,1-8H3;/q-1;;/b;14-9-;. The SMILES string of the molecule is CC(C)C(C(=O)/C=C(\O)C(C(C)C)C(C)C)C(C)C.Cc1cc(C)c(-c2sc3c(-c4[c-]c5ccccc5c(C(C)(C)C)c4)ncc(C(F)(F)F)c3c2C)c(C)c1.[Ir]. The Morgan fingerprint density at radius 2 is 1.33 bits per heavy atom. The van der Waals surface area contributed by atoms with Gasteiger partial charge in [-0.2, -0.15) is 13.2 Å². The van der Waals surface area contributed by atoms with E-state index < -0.39 is 11.7 Å². The van der Waals surface area contributed by atoms with Crippen LogP contribution in [0.15, 0.2) is 60.5 Å². The normalized spacial score (nSPS) is 12.7. The van der Waals surface area contributed by atoms with Crippen LogP contribution < -0.4 is 0 Å². The molecule has 0 unspecified atom stereocenters.